The normalized spacial score (nSPS) is 10.2. The molecule has 4 nitrogen and oxygen atoms in total. The predicted molar refractivity (Wildman–Crippen MR) is 60.5 cm³/mol. The summed E-state index contributed by atoms with van der Waals surface area (Å²) < 4.78 is 23.5. The number of nitrogen functional groups attached to an aromatic ring is 1. The molecule has 0 unspecified atom stereocenters. The molecule has 2 rings (SSSR count). The van der Waals surface area contributed by atoms with Crippen LogP contribution in [0.4, 0.5) is 4.39 Å². The third kappa shape index (κ3) is 2.63. The molecule has 0 aliphatic rings. The molecular weight excluding hydrogens is 223 g/mol. The Kier molecular flexibility index (Phi) is 3.09. The van der Waals surface area contributed by atoms with Crippen molar-refractivity contribution in [2.75, 3.05) is 0 Å². The summed E-state index contributed by atoms with van der Waals surface area (Å²) in [4.78, 5) is 0. The molecule has 0 atom stereocenters. The second-order valence-corrected chi connectivity index (χ2v) is 3.42. The van der Waals surface area contributed by atoms with Crippen LogP contribution in [0.1, 0.15) is 11.3 Å². The van der Waals surface area contributed by atoms with Crippen LogP contribution in [0.15, 0.2) is 41.0 Å². The molecule has 0 radical (unpaired) electrons. The van der Waals surface area contributed by atoms with Crippen molar-refractivity contribution in [2.24, 2.45) is 5.73 Å². The first-order valence-electron chi connectivity index (χ1n) is 4.96. The Morgan fingerprint density at radius 2 is 2.24 bits per heavy atom. The molecule has 0 aliphatic carbocycles. The summed E-state index contributed by atoms with van der Waals surface area (Å²) in [7, 11) is 0. The molecule has 0 saturated carbocycles. The number of hydrogen-bond donors (Lipinski definition) is 2. The first-order valence-corrected chi connectivity index (χ1v) is 4.96. The van der Waals surface area contributed by atoms with E-state index >= 15 is 0 Å². The number of nitrogens with two attached hydrogens (primary N) is 1. The highest BCUT2D eigenvalue weighted by Crippen LogP contribution is 2.20. The highest BCUT2D eigenvalue weighted by Gasteiger charge is 2.09. The summed E-state index contributed by atoms with van der Waals surface area (Å²) in [5, 5.41) is 7.33. The fraction of sp³-hybridized carbons (Fsp3) is 0.0833. The molecule has 1 aromatic carbocycles. The molecule has 2 aromatic rings. The Morgan fingerprint density at radius 1 is 1.41 bits per heavy atom. The maximum absolute atomic E-state index is 13.0. The average Bonchev–Trinajstić information content (AvgIpc) is 2.80. The lowest BCUT2D eigenvalue weighted by Crippen LogP contribution is -2.13. The molecule has 0 spiro atoms. The van der Waals surface area contributed by atoms with Gasteiger partial charge in [-0.1, -0.05) is 0 Å². The van der Waals surface area contributed by atoms with E-state index in [1.807, 2.05) is 0 Å². The van der Waals surface area contributed by atoms with E-state index in [-0.39, 0.29) is 18.0 Å². The number of benzene rings is 1. The van der Waals surface area contributed by atoms with Gasteiger partial charge in [0.25, 0.3) is 0 Å². The molecule has 0 aliphatic heterocycles. The zero-order valence-electron chi connectivity index (χ0n) is 8.94. The van der Waals surface area contributed by atoms with Crippen LogP contribution >= 0.6 is 0 Å². The van der Waals surface area contributed by atoms with Crippen molar-refractivity contribution >= 4 is 5.84 Å². The van der Waals surface area contributed by atoms with Crippen molar-refractivity contribution in [3.05, 3.63) is 53.7 Å². The second kappa shape index (κ2) is 4.69. The Balaban J connectivity index is 2.17. The zero-order chi connectivity index (χ0) is 12.3. The quantitative estimate of drug-likeness (QED) is 0.629. The van der Waals surface area contributed by atoms with Crippen molar-refractivity contribution in [2.45, 2.75) is 6.61 Å². The van der Waals surface area contributed by atoms with E-state index in [2.05, 4.69) is 0 Å². The van der Waals surface area contributed by atoms with E-state index in [4.69, 9.17) is 20.3 Å². The van der Waals surface area contributed by atoms with Gasteiger partial charge in [-0.3, -0.25) is 5.41 Å². The number of amidine groups is 1. The van der Waals surface area contributed by atoms with Crippen LogP contribution in [-0.4, -0.2) is 5.84 Å². The molecule has 5 heteroatoms. The van der Waals surface area contributed by atoms with Crippen LogP contribution in [0.2, 0.25) is 0 Å². The Morgan fingerprint density at radius 3 is 2.88 bits per heavy atom. The average molecular weight is 234 g/mol. The highest BCUT2D eigenvalue weighted by molar-refractivity contribution is 5.97. The SMILES string of the molecule is N=C(N)c1cc(F)ccc1OCc1ccco1. The van der Waals surface area contributed by atoms with Gasteiger partial charge in [0.1, 0.15) is 29.8 Å². The Hall–Kier alpha value is -2.30. The maximum atomic E-state index is 13.0. The molecule has 1 heterocycles. The minimum absolute atomic E-state index is 0.207. The van der Waals surface area contributed by atoms with Gasteiger partial charge in [-0.05, 0) is 30.3 Å². The molecule has 17 heavy (non-hydrogen) atoms. The summed E-state index contributed by atoms with van der Waals surface area (Å²) in [6.45, 7) is 0.207. The lowest BCUT2D eigenvalue weighted by atomic mass is 10.2. The van der Waals surface area contributed by atoms with E-state index < -0.39 is 5.82 Å². The van der Waals surface area contributed by atoms with Crippen LogP contribution in [0, 0.1) is 11.2 Å². The third-order valence-corrected chi connectivity index (χ3v) is 2.18. The fourth-order valence-corrected chi connectivity index (χ4v) is 1.38. The van der Waals surface area contributed by atoms with Crippen LogP contribution in [-0.2, 0) is 6.61 Å². The van der Waals surface area contributed by atoms with Crippen molar-refractivity contribution in [3.8, 4) is 5.75 Å². The first kappa shape index (κ1) is 11.2. The van der Waals surface area contributed by atoms with Gasteiger partial charge in [0.05, 0.1) is 11.8 Å². The Bertz CT molecular complexity index is 523. The molecule has 1 aromatic heterocycles. The molecular formula is C12H11FN2O2. The lowest BCUT2D eigenvalue weighted by Gasteiger charge is -2.09. The largest absolute Gasteiger partial charge is 0.485 e. The second-order valence-electron chi connectivity index (χ2n) is 3.42. The summed E-state index contributed by atoms with van der Waals surface area (Å²) >= 11 is 0. The Labute approximate surface area is 97.3 Å². The number of furan rings is 1. The van der Waals surface area contributed by atoms with Gasteiger partial charge in [0.15, 0.2) is 0 Å². The van der Waals surface area contributed by atoms with E-state index in [1.165, 1.54) is 24.5 Å². The molecule has 0 saturated heterocycles. The van der Waals surface area contributed by atoms with Crippen LogP contribution in [0.5, 0.6) is 5.75 Å². The smallest absolute Gasteiger partial charge is 0.146 e. The monoisotopic (exact) mass is 234 g/mol. The lowest BCUT2D eigenvalue weighted by molar-refractivity contribution is 0.269. The van der Waals surface area contributed by atoms with Gasteiger partial charge in [-0.2, -0.15) is 0 Å². The number of ether oxygens (including phenoxy) is 1. The molecule has 0 fully saturated rings. The van der Waals surface area contributed by atoms with Crippen molar-refractivity contribution < 1.29 is 13.5 Å². The maximum Gasteiger partial charge on any atom is 0.146 e. The number of nitrogens with one attached hydrogen (secondary N) is 1. The van der Waals surface area contributed by atoms with Gasteiger partial charge >= 0.3 is 0 Å². The summed E-state index contributed by atoms with van der Waals surface area (Å²) in [6, 6.07) is 7.37. The minimum atomic E-state index is -0.458. The standard InChI is InChI=1S/C12H11FN2O2/c13-8-3-4-11(10(6-8)12(14)15)17-7-9-2-1-5-16-9/h1-6H,7H2,(H3,14,15). The number of hydrogen-bond acceptors (Lipinski definition) is 3. The molecule has 3 N–H and O–H groups in total. The molecule has 0 bridgehead atoms. The topological polar surface area (TPSA) is 72.2 Å². The van der Waals surface area contributed by atoms with Crippen LogP contribution in [0.25, 0.3) is 0 Å². The van der Waals surface area contributed by atoms with E-state index in [9.17, 15) is 4.39 Å². The summed E-state index contributed by atoms with van der Waals surface area (Å²) in [5.74, 6) is 0.304. The van der Waals surface area contributed by atoms with Gasteiger partial charge in [-0.15, -0.1) is 0 Å². The number of rotatable bonds is 4. The summed E-state index contributed by atoms with van der Waals surface area (Å²) in [5.41, 5.74) is 5.58. The zero-order valence-corrected chi connectivity index (χ0v) is 8.94. The van der Waals surface area contributed by atoms with Crippen LogP contribution in [0.3, 0.4) is 0 Å². The highest BCUT2D eigenvalue weighted by atomic mass is 19.1. The third-order valence-electron chi connectivity index (χ3n) is 2.18. The number of halogens is 1. The predicted octanol–water partition coefficient (Wildman–Crippen LogP) is 2.28. The van der Waals surface area contributed by atoms with Crippen molar-refractivity contribution in [3.63, 3.8) is 0 Å². The van der Waals surface area contributed by atoms with E-state index in [0.29, 0.717) is 11.5 Å². The van der Waals surface area contributed by atoms with Crippen LogP contribution < -0.4 is 10.5 Å². The first-order chi connectivity index (χ1) is 8.16. The van der Waals surface area contributed by atoms with Gasteiger partial charge in [0.2, 0.25) is 0 Å². The fourth-order valence-electron chi connectivity index (χ4n) is 1.38. The minimum Gasteiger partial charge on any atom is -0.485 e. The molecule has 88 valence electrons. The summed E-state index contributed by atoms with van der Waals surface area (Å²) in [6.07, 6.45) is 1.54. The van der Waals surface area contributed by atoms with Crippen molar-refractivity contribution in [1.29, 1.82) is 5.41 Å². The van der Waals surface area contributed by atoms with Gasteiger partial charge < -0.3 is 14.9 Å². The van der Waals surface area contributed by atoms with Crippen molar-refractivity contribution in [1.82, 2.24) is 0 Å². The van der Waals surface area contributed by atoms with Gasteiger partial charge in [-0.25, -0.2) is 4.39 Å². The van der Waals surface area contributed by atoms with E-state index in [1.54, 1.807) is 12.1 Å². The van der Waals surface area contributed by atoms with E-state index in [0.717, 1.165) is 0 Å². The molecule has 0 amide bonds. The van der Waals surface area contributed by atoms with Gasteiger partial charge in [0, 0.05) is 0 Å².